The summed E-state index contributed by atoms with van der Waals surface area (Å²) in [4.78, 5) is 13.5. The Kier molecular flexibility index (Phi) is 6.01. The van der Waals surface area contributed by atoms with E-state index in [2.05, 4.69) is 26.1 Å². The van der Waals surface area contributed by atoms with E-state index < -0.39 is 11.6 Å². The van der Waals surface area contributed by atoms with E-state index in [0.717, 1.165) is 29.8 Å². The number of piperidine rings is 1. The highest BCUT2D eigenvalue weighted by atomic mass is 16.6. The minimum Gasteiger partial charge on any atom is -0.507 e. The summed E-state index contributed by atoms with van der Waals surface area (Å²) in [5.41, 5.74) is 1.89. The number of aromatic hydroxyl groups is 1. The molecule has 0 bridgehead atoms. The maximum atomic E-state index is 13.5. The van der Waals surface area contributed by atoms with Gasteiger partial charge < -0.3 is 15.2 Å². The van der Waals surface area contributed by atoms with Gasteiger partial charge >= 0.3 is 5.97 Å². The maximum Gasteiger partial charge on any atom is 0.342 e. The van der Waals surface area contributed by atoms with Gasteiger partial charge in [0.2, 0.25) is 0 Å². The van der Waals surface area contributed by atoms with Crippen LogP contribution in [0.3, 0.4) is 0 Å². The Balaban J connectivity index is 2.07. The van der Waals surface area contributed by atoms with Gasteiger partial charge in [-0.2, -0.15) is 0 Å². The van der Waals surface area contributed by atoms with Gasteiger partial charge in [-0.25, -0.2) is 4.79 Å². The molecule has 4 heteroatoms. The van der Waals surface area contributed by atoms with Gasteiger partial charge in [-0.3, -0.25) is 0 Å². The van der Waals surface area contributed by atoms with Crippen molar-refractivity contribution in [3.05, 3.63) is 64.7 Å². The first-order valence-corrected chi connectivity index (χ1v) is 10.8. The molecule has 0 saturated carbocycles. The second-order valence-corrected chi connectivity index (χ2v) is 10.4. The summed E-state index contributed by atoms with van der Waals surface area (Å²) in [7, 11) is 0. The van der Waals surface area contributed by atoms with Crippen molar-refractivity contribution in [1.82, 2.24) is 5.32 Å². The molecule has 4 nitrogen and oxygen atoms in total. The lowest BCUT2D eigenvalue weighted by Gasteiger charge is -2.38. The Morgan fingerprint density at radius 3 is 2.10 bits per heavy atom. The van der Waals surface area contributed by atoms with Crippen LogP contribution in [0.25, 0.3) is 0 Å². The van der Waals surface area contributed by atoms with Gasteiger partial charge in [0, 0.05) is 18.4 Å². The van der Waals surface area contributed by atoms with Gasteiger partial charge in [-0.1, -0.05) is 77.9 Å². The number of carbonyl (C=O) groups excluding carboxylic acids is 1. The molecule has 1 aliphatic heterocycles. The van der Waals surface area contributed by atoms with Crippen molar-refractivity contribution in [2.45, 2.75) is 70.8 Å². The van der Waals surface area contributed by atoms with Crippen LogP contribution in [0, 0.1) is 0 Å². The highest BCUT2D eigenvalue weighted by Gasteiger charge is 2.39. The van der Waals surface area contributed by atoms with E-state index in [1.54, 1.807) is 6.07 Å². The smallest absolute Gasteiger partial charge is 0.342 e. The van der Waals surface area contributed by atoms with E-state index in [9.17, 15) is 9.90 Å². The Bertz CT molecular complexity index is 898. The molecular formula is C26H35NO3. The van der Waals surface area contributed by atoms with Crippen molar-refractivity contribution in [3.8, 4) is 5.75 Å². The van der Waals surface area contributed by atoms with Gasteiger partial charge in [-0.15, -0.1) is 0 Å². The molecule has 0 radical (unpaired) electrons. The Morgan fingerprint density at radius 1 is 0.967 bits per heavy atom. The summed E-state index contributed by atoms with van der Waals surface area (Å²) in [6, 6.07) is 13.8. The Hall–Kier alpha value is -2.33. The van der Waals surface area contributed by atoms with Crippen LogP contribution in [0.1, 0.15) is 81.4 Å². The molecule has 2 N–H and O–H groups in total. The molecule has 1 aliphatic rings. The zero-order valence-corrected chi connectivity index (χ0v) is 19.1. The number of carbonyl (C=O) groups is 1. The van der Waals surface area contributed by atoms with Crippen molar-refractivity contribution >= 4 is 5.97 Å². The van der Waals surface area contributed by atoms with Crippen molar-refractivity contribution in [1.29, 1.82) is 0 Å². The lowest BCUT2D eigenvalue weighted by Crippen LogP contribution is -2.43. The molecule has 162 valence electrons. The summed E-state index contributed by atoms with van der Waals surface area (Å²) >= 11 is 0. The third-order valence-electron chi connectivity index (χ3n) is 6.00. The normalized spacial score (nSPS) is 16.9. The summed E-state index contributed by atoms with van der Waals surface area (Å²) in [5, 5.41) is 14.4. The molecule has 30 heavy (non-hydrogen) atoms. The average Bonchev–Trinajstić information content (AvgIpc) is 2.67. The molecule has 0 unspecified atom stereocenters. The lowest BCUT2D eigenvalue weighted by atomic mass is 9.79. The van der Waals surface area contributed by atoms with Crippen LogP contribution in [0.5, 0.6) is 5.75 Å². The zero-order chi connectivity index (χ0) is 22.2. The molecular weight excluding hydrogens is 374 g/mol. The minimum atomic E-state index is -0.685. The van der Waals surface area contributed by atoms with Gasteiger partial charge in [0.25, 0.3) is 0 Å². The quantitative estimate of drug-likeness (QED) is 0.664. The summed E-state index contributed by atoms with van der Waals surface area (Å²) in [5.74, 6) is -0.438. The Morgan fingerprint density at radius 2 is 1.57 bits per heavy atom. The predicted octanol–water partition coefficient (Wildman–Crippen LogP) is 5.42. The number of nitrogens with one attached hydrogen (secondary N) is 1. The highest BCUT2D eigenvalue weighted by molar-refractivity contribution is 5.94. The van der Waals surface area contributed by atoms with Crippen molar-refractivity contribution in [3.63, 3.8) is 0 Å². The number of hydrogen-bond acceptors (Lipinski definition) is 4. The van der Waals surface area contributed by atoms with Crippen molar-refractivity contribution in [2.75, 3.05) is 13.1 Å². The van der Waals surface area contributed by atoms with E-state index in [-0.39, 0.29) is 22.1 Å². The summed E-state index contributed by atoms with van der Waals surface area (Å²) < 4.78 is 6.23. The minimum absolute atomic E-state index is 0.0256. The molecule has 0 atom stereocenters. The van der Waals surface area contributed by atoms with Crippen LogP contribution in [-0.2, 0) is 21.2 Å². The largest absolute Gasteiger partial charge is 0.507 e. The molecule has 2 aromatic rings. The number of esters is 1. The van der Waals surface area contributed by atoms with E-state index in [1.807, 2.05) is 57.2 Å². The first-order valence-electron chi connectivity index (χ1n) is 10.8. The van der Waals surface area contributed by atoms with Crippen LogP contribution < -0.4 is 5.32 Å². The van der Waals surface area contributed by atoms with Gasteiger partial charge in [0.15, 0.2) is 0 Å². The number of ether oxygens (including phenoxy) is 1. The van der Waals surface area contributed by atoms with Crippen LogP contribution in [0.15, 0.2) is 42.5 Å². The fraction of sp³-hybridized carbons (Fsp3) is 0.500. The van der Waals surface area contributed by atoms with Crippen LogP contribution in [0.2, 0.25) is 0 Å². The molecule has 0 aliphatic carbocycles. The molecule has 3 rings (SSSR count). The van der Waals surface area contributed by atoms with Gasteiger partial charge in [0.05, 0.1) is 0 Å². The second-order valence-electron chi connectivity index (χ2n) is 10.4. The third kappa shape index (κ3) is 4.54. The first-order chi connectivity index (χ1) is 13.9. The number of rotatable bonds is 3. The molecule has 0 aromatic heterocycles. The van der Waals surface area contributed by atoms with E-state index in [0.29, 0.717) is 12.8 Å². The van der Waals surface area contributed by atoms with Crippen LogP contribution >= 0.6 is 0 Å². The molecule has 1 fully saturated rings. The zero-order valence-electron chi connectivity index (χ0n) is 19.1. The topological polar surface area (TPSA) is 58.6 Å². The molecule has 1 heterocycles. The number of phenolic OH excluding ortho intramolecular Hbond substituents is 1. The standard InChI is InChI=1S/C26H35NO3/c1-24(2,3)19-16-20(22(28)21(17-19)25(4,5)6)23(29)30-26(12-14-27-15-13-26)18-10-8-7-9-11-18/h7-11,16-17,27-28H,12-15H2,1-6H3. The van der Waals surface area contributed by atoms with E-state index in [1.165, 1.54) is 0 Å². The maximum absolute atomic E-state index is 13.5. The lowest BCUT2D eigenvalue weighted by molar-refractivity contribution is -0.0380. The van der Waals surface area contributed by atoms with Gasteiger partial charge in [-0.05, 0) is 41.1 Å². The summed E-state index contributed by atoms with van der Waals surface area (Å²) in [6.45, 7) is 14.0. The third-order valence-corrected chi connectivity index (χ3v) is 6.00. The number of benzene rings is 2. The monoisotopic (exact) mass is 409 g/mol. The number of phenols is 1. The van der Waals surface area contributed by atoms with Crippen molar-refractivity contribution in [2.24, 2.45) is 0 Å². The molecule has 0 spiro atoms. The predicted molar refractivity (Wildman–Crippen MR) is 121 cm³/mol. The van der Waals surface area contributed by atoms with Crippen molar-refractivity contribution < 1.29 is 14.6 Å². The molecule has 1 saturated heterocycles. The fourth-order valence-electron chi connectivity index (χ4n) is 4.05. The fourth-order valence-corrected chi connectivity index (χ4v) is 4.05. The number of hydrogen-bond donors (Lipinski definition) is 2. The van der Waals surface area contributed by atoms with Gasteiger partial charge in [0.1, 0.15) is 16.9 Å². The van der Waals surface area contributed by atoms with E-state index >= 15 is 0 Å². The first kappa shape index (κ1) is 22.4. The van der Waals surface area contributed by atoms with Crippen LogP contribution in [-0.4, -0.2) is 24.2 Å². The molecule has 0 amide bonds. The molecule has 2 aromatic carbocycles. The SMILES string of the molecule is CC(C)(C)c1cc(C(=O)OC2(c3ccccc3)CCNCC2)c(O)c(C(C)(C)C)c1. The van der Waals surface area contributed by atoms with E-state index in [4.69, 9.17) is 4.74 Å². The highest BCUT2D eigenvalue weighted by Crippen LogP contribution is 2.40. The average molecular weight is 410 g/mol. The second kappa shape index (κ2) is 8.07. The van der Waals surface area contributed by atoms with Crippen LogP contribution in [0.4, 0.5) is 0 Å². The summed E-state index contributed by atoms with van der Waals surface area (Å²) in [6.07, 6.45) is 1.41. The Labute approximate surface area is 180 Å².